The van der Waals surface area contributed by atoms with E-state index in [2.05, 4.69) is 15.7 Å². The molecule has 0 saturated carbocycles. The maximum atomic E-state index is 15.4. The van der Waals surface area contributed by atoms with E-state index >= 15 is 4.39 Å². The average molecular weight is 619 g/mol. The Labute approximate surface area is 247 Å². The molecule has 5 amide bonds. The summed E-state index contributed by atoms with van der Waals surface area (Å²) in [4.78, 5) is 52.4. The fourth-order valence-electron chi connectivity index (χ4n) is 5.43. The van der Waals surface area contributed by atoms with Crippen molar-refractivity contribution in [3.8, 4) is 11.1 Å². The monoisotopic (exact) mass is 618 g/mol. The molecule has 1 saturated heterocycles. The maximum Gasteiger partial charge on any atom is 0.408 e. The van der Waals surface area contributed by atoms with Crippen LogP contribution in [0.25, 0.3) is 11.1 Å². The first kappa shape index (κ1) is 30.6. The van der Waals surface area contributed by atoms with Crippen LogP contribution in [0.3, 0.4) is 0 Å². The Morgan fingerprint density at radius 1 is 1.14 bits per heavy atom. The second-order valence-corrected chi connectivity index (χ2v) is 10.7. The zero-order valence-corrected chi connectivity index (χ0v) is 23.5. The number of rotatable bonds is 8. The van der Waals surface area contributed by atoms with E-state index in [0.717, 1.165) is 19.1 Å². The summed E-state index contributed by atoms with van der Waals surface area (Å²) in [6.07, 6.45) is -3.93. The van der Waals surface area contributed by atoms with Gasteiger partial charge in [0.2, 0.25) is 11.8 Å². The molecule has 2 heterocycles. The van der Waals surface area contributed by atoms with Gasteiger partial charge in [-0.2, -0.15) is 18.3 Å². The maximum absolute atomic E-state index is 15.4. The van der Waals surface area contributed by atoms with Crippen molar-refractivity contribution in [1.82, 2.24) is 30.2 Å². The number of hydrogen-bond donors (Lipinski definition) is 2. The Kier molecular flexibility index (Phi) is 7.90. The third-order valence-electron chi connectivity index (χ3n) is 7.88. The molecule has 232 valence electrons. The predicted octanol–water partition coefficient (Wildman–Crippen LogP) is 3.58. The van der Waals surface area contributed by atoms with Crippen LogP contribution in [0.1, 0.15) is 36.2 Å². The van der Waals surface area contributed by atoms with Gasteiger partial charge in [-0.1, -0.05) is 24.3 Å². The van der Waals surface area contributed by atoms with Gasteiger partial charge in [-0.15, -0.1) is 0 Å². The Balaban J connectivity index is 1.39. The van der Waals surface area contributed by atoms with Crippen LogP contribution in [0, 0.1) is 5.82 Å². The summed E-state index contributed by atoms with van der Waals surface area (Å²) in [5, 5.41) is 9.06. The van der Waals surface area contributed by atoms with Gasteiger partial charge in [-0.05, 0) is 47.4 Å². The molecule has 5 rings (SSSR count). The smallest absolute Gasteiger partial charge is 0.358 e. The van der Waals surface area contributed by atoms with Crippen LogP contribution >= 0.6 is 0 Å². The normalized spacial score (nSPS) is 20.1. The molecule has 0 radical (unpaired) electrons. The summed E-state index contributed by atoms with van der Waals surface area (Å²) in [5.74, 6) is -3.04. The molecule has 15 heteroatoms. The van der Waals surface area contributed by atoms with Gasteiger partial charge in [0.15, 0.2) is 0 Å². The number of likely N-dealkylation sites (N-methyl/N-ethyl adjacent to an activating group) is 1. The van der Waals surface area contributed by atoms with Crippen molar-refractivity contribution in [3.05, 3.63) is 77.4 Å². The molecule has 10 nitrogen and oxygen atoms in total. The highest BCUT2D eigenvalue weighted by Crippen LogP contribution is 2.49. The first-order valence-corrected chi connectivity index (χ1v) is 13.5. The van der Waals surface area contributed by atoms with Crippen molar-refractivity contribution in [2.75, 3.05) is 13.6 Å². The van der Waals surface area contributed by atoms with Gasteiger partial charge >= 0.3 is 12.2 Å². The highest BCUT2D eigenvalue weighted by Gasteiger charge is 2.59. The summed E-state index contributed by atoms with van der Waals surface area (Å²) in [6.45, 7) is -0.862. The second kappa shape index (κ2) is 11.4. The van der Waals surface area contributed by atoms with Gasteiger partial charge < -0.3 is 15.5 Å². The molecule has 2 aliphatic rings. The number of nitrogens with one attached hydrogen (secondary N) is 2. The van der Waals surface area contributed by atoms with Gasteiger partial charge in [-0.25, -0.2) is 13.6 Å². The van der Waals surface area contributed by atoms with Crippen molar-refractivity contribution in [2.24, 2.45) is 0 Å². The molecule has 0 bridgehead atoms. The highest BCUT2D eigenvalue weighted by molar-refractivity contribution is 6.10. The molecule has 0 unspecified atom stereocenters. The van der Waals surface area contributed by atoms with Crippen molar-refractivity contribution >= 4 is 23.8 Å². The Hall–Kier alpha value is -4.82. The van der Waals surface area contributed by atoms with Gasteiger partial charge in [-0.3, -0.25) is 24.0 Å². The fraction of sp³-hybridized carbons (Fsp3) is 0.345. The Bertz CT molecular complexity index is 1620. The molecular weight excluding hydrogens is 591 g/mol. The number of carbonyl (C=O) groups is 4. The number of nitrogens with zero attached hydrogens (tertiary/aromatic N) is 4. The number of halogens is 5. The third-order valence-corrected chi connectivity index (χ3v) is 7.88. The summed E-state index contributed by atoms with van der Waals surface area (Å²) in [7, 11) is 1.48. The fourth-order valence-corrected chi connectivity index (χ4v) is 5.43. The largest absolute Gasteiger partial charge is 0.408 e. The molecule has 1 fully saturated rings. The summed E-state index contributed by atoms with van der Waals surface area (Å²) in [6, 6.07) is 5.71. The lowest BCUT2D eigenvalue weighted by Crippen LogP contribution is -2.51. The molecule has 2 N–H and O–H groups in total. The molecule has 3 aromatic rings. The Morgan fingerprint density at radius 3 is 2.50 bits per heavy atom. The number of fused-ring (bicyclic) bond motifs is 2. The van der Waals surface area contributed by atoms with E-state index in [9.17, 15) is 36.7 Å². The summed E-state index contributed by atoms with van der Waals surface area (Å²) in [5.41, 5.74) is -0.277. The van der Waals surface area contributed by atoms with Crippen LogP contribution in [0.15, 0.2) is 54.9 Å². The number of urea groups is 1. The van der Waals surface area contributed by atoms with Crippen LogP contribution < -0.4 is 10.6 Å². The molecule has 1 aromatic heterocycles. The molecule has 3 atom stereocenters. The summed E-state index contributed by atoms with van der Waals surface area (Å²) >= 11 is 0. The third kappa shape index (κ3) is 5.61. The number of alkyl halides is 4. The number of hydrogen-bond acceptors (Lipinski definition) is 5. The lowest BCUT2D eigenvalue weighted by Gasteiger charge is -2.32. The van der Waals surface area contributed by atoms with E-state index in [1.54, 1.807) is 12.3 Å². The highest BCUT2D eigenvalue weighted by atomic mass is 19.4. The van der Waals surface area contributed by atoms with Gasteiger partial charge in [0, 0.05) is 31.8 Å². The van der Waals surface area contributed by atoms with E-state index in [-0.39, 0.29) is 29.1 Å². The second-order valence-electron chi connectivity index (χ2n) is 10.7. The van der Waals surface area contributed by atoms with Crippen molar-refractivity contribution < 1.29 is 41.1 Å². The Morgan fingerprint density at radius 2 is 1.84 bits per heavy atom. The van der Waals surface area contributed by atoms with E-state index in [4.69, 9.17) is 0 Å². The van der Waals surface area contributed by atoms with Gasteiger partial charge in [0.1, 0.15) is 36.7 Å². The molecule has 1 aliphatic carbocycles. The van der Waals surface area contributed by atoms with Crippen molar-refractivity contribution in [1.29, 1.82) is 0 Å². The first-order chi connectivity index (χ1) is 20.7. The predicted molar refractivity (Wildman–Crippen MR) is 145 cm³/mol. The molecular formula is C29H27F5N6O4. The SMILES string of the molecule is CNC(=O)Cn1cc(-c2ccc3c(c2)[C@@H](F)C[C@]32NC(=O)N(CC(=O)N(Cc3ccc(F)cc3)[C@@H](C)C(F)(F)F)C2=O)cn1. The van der Waals surface area contributed by atoms with Crippen LogP contribution in [0.2, 0.25) is 0 Å². The number of aromatic nitrogens is 2. The number of imide groups is 1. The minimum absolute atomic E-state index is 0.0333. The molecule has 1 aliphatic heterocycles. The van der Waals surface area contributed by atoms with Crippen molar-refractivity contribution in [3.63, 3.8) is 0 Å². The number of carbonyl (C=O) groups excluding carboxylic acids is 4. The van der Waals surface area contributed by atoms with Crippen molar-refractivity contribution in [2.45, 2.75) is 50.4 Å². The number of amides is 5. The van der Waals surface area contributed by atoms with Crippen LogP contribution in [-0.2, 0) is 33.0 Å². The van der Waals surface area contributed by atoms with Crippen LogP contribution in [0.4, 0.5) is 26.7 Å². The molecule has 44 heavy (non-hydrogen) atoms. The lowest BCUT2D eigenvalue weighted by atomic mass is 9.90. The topological polar surface area (TPSA) is 117 Å². The first-order valence-electron chi connectivity index (χ1n) is 13.5. The standard InChI is InChI=1S/C29H27F5N6O4/c1-16(29(32,33)34)39(12-17-3-6-20(30)7-4-17)25(42)15-40-26(43)28(37-27(40)44)10-23(31)21-9-18(5-8-22(21)28)19-11-36-38(13-19)14-24(41)35-2/h3-9,11,13,16,23H,10,12,14-15H2,1-2H3,(H,35,41)(H,37,44)/t16-,23-,28-/m0/s1. The zero-order valence-electron chi connectivity index (χ0n) is 23.5. The van der Waals surface area contributed by atoms with E-state index in [1.807, 2.05) is 0 Å². The zero-order chi connectivity index (χ0) is 32.0. The number of benzene rings is 2. The minimum Gasteiger partial charge on any atom is -0.358 e. The van der Waals surface area contributed by atoms with Gasteiger partial charge in [0.25, 0.3) is 5.91 Å². The van der Waals surface area contributed by atoms with Crippen LogP contribution in [0.5, 0.6) is 0 Å². The average Bonchev–Trinajstić information content (AvgIpc) is 3.62. The van der Waals surface area contributed by atoms with E-state index in [1.165, 1.54) is 42.2 Å². The van der Waals surface area contributed by atoms with E-state index < -0.39 is 67.1 Å². The quantitative estimate of drug-likeness (QED) is 0.296. The summed E-state index contributed by atoms with van der Waals surface area (Å²) < 4.78 is 71.2. The van der Waals surface area contributed by atoms with Crippen LogP contribution in [-0.4, -0.2) is 69.1 Å². The minimum atomic E-state index is -4.84. The van der Waals surface area contributed by atoms with Gasteiger partial charge in [0.05, 0.1) is 6.20 Å². The molecule has 2 aromatic carbocycles. The lowest BCUT2D eigenvalue weighted by molar-refractivity contribution is -0.187. The molecule has 1 spiro atoms. The van der Waals surface area contributed by atoms with E-state index in [0.29, 0.717) is 20.9 Å².